The number of hydrogen-bond donors (Lipinski definition) is 0. The lowest BCUT2D eigenvalue weighted by Gasteiger charge is -2.20. The molecule has 0 unspecified atom stereocenters. The molecule has 3 heteroatoms. The zero-order chi connectivity index (χ0) is 23.2. The molecule has 0 fully saturated rings. The highest BCUT2D eigenvalue weighted by molar-refractivity contribution is 5.99. The summed E-state index contributed by atoms with van der Waals surface area (Å²) >= 11 is 0. The van der Waals surface area contributed by atoms with E-state index >= 15 is 0 Å². The predicted octanol–water partition coefficient (Wildman–Crippen LogP) is 6.79. The second kappa shape index (κ2) is 13.9. The molecule has 32 heavy (non-hydrogen) atoms. The number of carbonyl (C=O) groups excluding carboxylic acids is 1. The molecular weight excluding hydrogens is 392 g/mol. The lowest BCUT2D eigenvalue weighted by molar-refractivity contribution is -0.110. The minimum absolute atomic E-state index is 0.0342. The van der Waals surface area contributed by atoms with Crippen LogP contribution in [0.15, 0.2) is 85.0 Å². The smallest absolute Gasteiger partial charge is 0.178 e. The summed E-state index contributed by atoms with van der Waals surface area (Å²) in [6.45, 7) is 12.7. The fourth-order valence-electron chi connectivity index (χ4n) is 3.46. The molecule has 0 amide bonds. The molecule has 0 aliphatic rings. The summed E-state index contributed by atoms with van der Waals surface area (Å²) in [5, 5.41) is 0. The number of carbonyl (C=O) groups is 1. The van der Waals surface area contributed by atoms with Gasteiger partial charge in [0.2, 0.25) is 0 Å². The number of allylic oxidation sites excluding steroid dienone is 6. The number of anilines is 2. The zero-order valence-corrected chi connectivity index (χ0v) is 19.9. The number of nitrogens with zero attached hydrogens (tertiary/aromatic N) is 2. The van der Waals surface area contributed by atoms with Crippen molar-refractivity contribution in [2.24, 2.45) is 0 Å². The first-order valence-corrected chi connectivity index (χ1v) is 11.5. The Balaban J connectivity index is 1.82. The molecular formula is C29H36N2O. The van der Waals surface area contributed by atoms with Gasteiger partial charge in [-0.2, -0.15) is 0 Å². The molecule has 0 N–H and O–H groups in total. The van der Waals surface area contributed by atoms with E-state index in [1.807, 2.05) is 24.3 Å². The Morgan fingerprint density at radius 2 is 0.938 bits per heavy atom. The second-order valence-corrected chi connectivity index (χ2v) is 7.37. The third-order valence-electron chi connectivity index (χ3n) is 5.36. The Morgan fingerprint density at radius 3 is 1.25 bits per heavy atom. The van der Waals surface area contributed by atoms with Crippen LogP contribution in [0, 0.1) is 0 Å². The second-order valence-electron chi connectivity index (χ2n) is 7.37. The van der Waals surface area contributed by atoms with E-state index in [9.17, 15) is 4.79 Å². The summed E-state index contributed by atoms with van der Waals surface area (Å²) in [6, 6.07) is 16.9. The van der Waals surface area contributed by atoms with Crippen molar-refractivity contribution in [3.63, 3.8) is 0 Å². The summed E-state index contributed by atoms with van der Waals surface area (Å²) in [7, 11) is 0. The van der Waals surface area contributed by atoms with E-state index in [1.165, 1.54) is 11.4 Å². The van der Waals surface area contributed by atoms with Crippen molar-refractivity contribution in [3.05, 3.63) is 96.1 Å². The minimum Gasteiger partial charge on any atom is -0.372 e. The molecule has 2 aromatic carbocycles. The van der Waals surface area contributed by atoms with Gasteiger partial charge in [0.25, 0.3) is 0 Å². The summed E-state index contributed by atoms with van der Waals surface area (Å²) in [4.78, 5) is 16.6. The standard InChI is InChI=1S/C29H36N2O/c1-5-30(6-2)27-21-17-25(18-22-27)13-9-11-15-29(32)16-12-10-14-26-19-23-28(24-20-26)31(7-3)8-4/h9-24H,5-8H2,1-4H3/b13-9+,14-10+,15-11+,16-12+. The van der Waals surface area contributed by atoms with E-state index in [4.69, 9.17) is 0 Å². The lowest BCUT2D eigenvalue weighted by atomic mass is 10.1. The Hall–Kier alpha value is -3.33. The molecule has 2 rings (SSSR count). The molecule has 0 spiro atoms. The van der Waals surface area contributed by atoms with Crippen molar-refractivity contribution in [2.45, 2.75) is 27.7 Å². The van der Waals surface area contributed by atoms with Crippen molar-refractivity contribution in [1.29, 1.82) is 0 Å². The van der Waals surface area contributed by atoms with E-state index in [1.54, 1.807) is 24.3 Å². The molecule has 3 nitrogen and oxygen atoms in total. The van der Waals surface area contributed by atoms with Crippen molar-refractivity contribution < 1.29 is 4.79 Å². The first-order valence-electron chi connectivity index (χ1n) is 11.5. The van der Waals surface area contributed by atoms with Crippen LogP contribution in [0.2, 0.25) is 0 Å². The number of benzene rings is 2. The third-order valence-corrected chi connectivity index (χ3v) is 5.36. The normalized spacial score (nSPS) is 11.9. The maximum Gasteiger partial charge on any atom is 0.178 e. The third kappa shape index (κ3) is 8.07. The molecule has 2 aromatic rings. The number of hydrogen-bond acceptors (Lipinski definition) is 3. The van der Waals surface area contributed by atoms with Gasteiger partial charge >= 0.3 is 0 Å². The molecule has 0 heterocycles. The Labute approximate surface area is 194 Å². The van der Waals surface area contributed by atoms with Crippen LogP contribution in [-0.2, 0) is 4.79 Å². The quantitative estimate of drug-likeness (QED) is 0.275. The lowest BCUT2D eigenvalue weighted by Crippen LogP contribution is -2.21. The minimum atomic E-state index is -0.0342. The van der Waals surface area contributed by atoms with Gasteiger partial charge in [-0.1, -0.05) is 60.7 Å². The highest BCUT2D eigenvalue weighted by Gasteiger charge is 2.00. The van der Waals surface area contributed by atoms with E-state index in [-0.39, 0.29) is 5.78 Å². The topological polar surface area (TPSA) is 23.6 Å². The Morgan fingerprint density at radius 1 is 0.594 bits per heavy atom. The average molecular weight is 429 g/mol. The maximum atomic E-state index is 12.0. The van der Waals surface area contributed by atoms with Crippen LogP contribution in [0.5, 0.6) is 0 Å². The van der Waals surface area contributed by atoms with Gasteiger partial charge in [-0.3, -0.25) is 4.79 Å². The van der Waals surface area contributed by atoms with Gasteiger partial charge in [0.15, 0.2) is 5.78 Å². The maximum absolute atomic E-state index is 12.0. The number of rotatable bonds is 12. The average Bonchev–Trinajstić information content (AvgIpc) is 2.83. The van der Waals surface area contributed by atoms with Gasteiger partial charge < -0.3 is 9.80 Å². The van der Waals surface area contributed by atoms with Crippen molar-refractivity contribution in [3.8, 4) is 0 Å². The molecule has 0 aliphatic carbocycles. The van der Waals surface area contributed by atoms with Crippen molar-refractivity contribution >= 4 is 29.3 Å². The summed E-state index contributed by atoms with van der Waals surface area (Å²) in [5.74, 6) is -0.0342. The zero-order valence-electron chi connectivity index (χ0n) is 19.9. The fourth-order valence-corrected chi connectivity index (χ4v) is 3.46. The van der Waals surface area contributed by atoms with Crippen LogP contribution >= 0.6 is 0 Å². The van der Waals surface area contributed by atoms with Gasteiger partial charge in [0.1, 0.15) is 0 Å². The molecule has 0 bridgehead atoms. The highest BCUT2D eigenvalue weighted by atomic mass is 16.1. The van der Waals surface area contributed by atoms with E-state index in [0.717, 1.165) is 37.3 Å². The van der Waals surface area contributed by atoms with Gasteiger partial charge in [0, 0.05) is 37.6 Å². The molecule has 0 saturated carbocycles. The van der Waals surface area contributed by atoms with Gasteiger partial charge in [0.05, 0.1) is 0 Å². The van der Waals surface area contributed by atoms with E-state index in [2.05, 4.69) is 86.0 Å². The molecule has 0 saturated heterocycles. The largest absolute Gasteiger partial charge is 0.372 e. The first-order chi connectivity index (χ1) is 15.6. The SMILES string of the molecule is CCN(CC)c1ccc(/C=C/C=C/C(=O)/C=C/C=C/c2ccc(N(CC)CC)cc2)cc1. The molecule has 0 aliphatic heterocycles. The molecule has 0 aromatic heterocycles. The van der Waals surface area contributed by atoms with Gasteiger partial charge in [-0.25, -0.2) is 0 Å². The molecule has 0 radical (unpaired) electrons. The van der Waals surface area contributed by atoms with Crippen LogP contribution in [0.1, 0.15) is 38.8 Å². The van der Waals surface area contributed by atoms with Crippen LogP contribution in [0.25, 0.3) is 12.2 Å². The van der Waals surface area contributed by atoms with Crippen molar-refractivity contribution in [1.82, 2.24) is 0 Å². The van der Waals surface area contributed by atoms with E-state index in [0.29, 0.717) is 0 Å². The fraction of sp³-hybridized carbons (Fsp3) is 0.276. The van der Waals surface area contributed by atoms with Gasteiger partial charge in [-0.15, -0.1) is 0 Å². The monoisotopic (exact) mass is 428 g/mol. The van der Waals surface area contributed by atoms with Gasteiger partial charge in [-0.05, 0) is 75.2 Å². The van der Waals surface area contributed by atoms with E-state index < -0.39 is 0 Å². The van der Waals surface area contributed by atoms with Crippen LogP contribution in [-0.4, -0.2) is 32.0 Å². The Kier molecular flexibility index (Phi) is 10.8. The Bertz CT molecular complexity index is 849. The van der Waals surface area contributed by atoms with Crippen molar-refractivity contribution in [2.75, 3.05) is 36.0 Å². The van der Waals surface area contributed by atoms with Crippen LogP contribution < -0.4 is 9.80 Å². The first kappa shape index (κ1) is 24.9. The number of ketones is 1. The molecule has 0 atom stereocenters. The summed E-state index contributed by atoms with van der Waals surface area (Å²) < 4.78 is 0. The molecule has 168 valence electrons. The summed E-state index contributed by atoms with van der Waals surface area (Å²) in [6.07, 6.45) is 14.5. The summed E-state index contributed by atoms with van der Waals surface area (Å²) in [5.41, 5.74) is 4.69. The predicted molar refractivity (Wildman–Crippen MR) is 141 cm³/mol. The van der Waals surface area contributed by atoms with Crippen LogP contribution in [0.3, 0.4) is 0 Å². The van der Waals surface area contributed by atoms with Crippen LogP contribution in [0.4, 0.5) is 11.4 Å². The highest BCUT2D eigenvalue weighted by Crippen LogP contribution is 2.16.